The minimum absolute atomic E-state index is 0.0229. The highest BCUT2D eigenvalue weighted by Gasteiger charge is 2.17. The van der Waals surface area contributed by atoms with E-state index in [0.717, 1.165) is 6.42 Å². The number of pyridine rings is 1. The zero-order valence-electron chi connectivity index (χ0n) is 16.7. The van der Waals surface area contributed by atoms with Crippen LogP contribution < -0.4 is 14.2 Å². The number of aromatic nitrogens is 1. The summed E-state index contributed by atoms with van der Waals surface area (Å²) in [6.07, 6.45) is 0.857. The first-order valence-electron chi connectivity index (χ1n) is 9.44. The SMILES string of the molecule is CCCOc1ccc(OC)cc1-c1ccc(C(=O)O)c(COc2cccc(Cl)c2)n1. The van der Waals surface area contributed by atoms with Crippen molar-refractivity contribution in [1.29, 1.82) is 0 Å². The Morgan fingerprint density at radius 3 is 2.60 bits per heavy atom. The first-order chi connectivity index (χ1) is 14.5. The third kappa shape index (κ3) is 5.21. The summed E-state index contributed by atoms with van der Waals surface area (Å²) in [7, 11) is 1.58. The van der Waals surface area contributed by atoms with Crippen LogP contribution in [0.4, 0.5) is 0 Å². The van der Waals surface area contributed by atoms with E-state index < -0.39 is 5.97 Å². The molecule has 0 spiro atoms. The number of methoxy groups -OCH3 is 1. The average molecular weight is 428 g/mol. The largest absolute Gasteiger partial charge is 0.497 e. The lowest BCUT2D eigenvalue weighted by Gasteiger charge is -2.14. The molecule has 1 N–H and O–H groups in total. The molecule has 3 rings (SSSR count). The van der Waals surface area contributed by atoms with Gasteiger partial charge in [0.25, 0.3) is 0 Å². The Morgan fingerprint density at radius 2 is 1.90 bits per heavy atom. The van der Waals surface area contributed by atoms with Crippen LogP contribution in [-0.2, 0) is 6.61 Å². The van der Waals surface area contributed by atoms with E-state index in [1.807, 2.05) is 25.1 Å². The molecule has 30 heavy (non-hydrogen) atoms. The molecule has 0 aliphatic carbocycles. The lowest BCUT2D eigenvalue weighted by Crippen LogP contribution is -2.09. The van der Waals surface area contributed by atoms with Crippen LogP contribution >= 0.6 is 11.6 Å². The Hall–Kier alpha value is -3.25. The lowest BCUT2D eigenvalue weighted by atomic mass is 10.1. The molecule has 156 valence electrons. The molecule has 0 aliphatic heterocycles. The van der Waals surface area contributed by atoms with Crippen molar-refractivity contribution < 1.29 is 24.1 Å². The summed E-state index contributed by atoms with van der Waals surface area (Å²) in [5.74, 6) is 0.746. The molecular formula is C23H22ClNO5. The van der Waals surface area contributed by atoms with Crippen molar-refractivity contribution in [2.24, 2.45) is 0 Å². The van der Waals surface area contributed by atoms with E-state index in [2.05, 4.69) is 4.98 Å². The molecule has 0 saturated heterocycles. The monoisotopic (exact) mass is 427 g/mol. The minimum atomic E-state index is -1.08. The summed E-state index contributed by atoms with van der Waals surface area (Å²) in [5.41, 5.74) is 1.64. The van der Waals surface area contributed by atoms with Gasteiger partial charge in [-0.15, -0.1) is 0 Å². The van der Waals surface area contributed by atoms with E-state index in [0.29, 0.717) is 45.8 Å². The maximum absolute atomic E-state index is 11.7. The van der Waals surface area contributed by atoms with Crippen LogP contribution in [-0.4, -0.2) is 29.8 Å². The highest BCUT2D eigenvalue weighted by atomic mass is 35.5. The predicted molar refractivity (Wildman–Crippen MR) is 115 cm³/mol. The second-order valence-corrected chi connectivity index (χ2v) is 6.89. The Labute approximate surface area is 180 Å². The minimum Gasteiger partial charge on any atom is -0.497 e. The number of rotatable bonds is 9. The Bertz CT molecular complexity index is 1040. The highest BCUT2D eigenvalue weighted by molar-refractivity contribution is 6.30. The van der Waals surface area contributed by atoms with Gasteiger partial charge in [0.05, 0.1) is 30.7 Å². The summed E-state index contributed by atoms with van der Waals surface area (Å²) >= 11 is 5.99. The van der Waals surface area contributed by atoms with Gasteiger partial charge < -0.3 is 19.3 Å². The van der Waals surface area contributed by atoms with E-state index in [4.69, 9.17) is 25.8 Å². The molecule has 0 saturated carbocycles. The molecule has 0 aliphatic rings. The number of hydrogen-bond donors (Lipinski definition) is 1. The van der Waals surface area contributed by atoms with Gasteiger partial charge in [0, 0.05) is 10.6 Å². The third-order valence-corrected chi connectivity index (χ3v) is 4.54. The van der Waals surface area contributed by atoms with Gasteiger partial charge in [0.15, 0.2) is 0 Å². The molecule has 0 atom stereocenters. The van der Waals surface area contributed by atoms with Gasteiger partial charge in [-0.3, -0.25) is 0 Å². The molecule has 7 heteroatoms. The molecule has 0 fully saturated rings. The Morgan fingerprint density at radius 1 is 1.07 bits per heavy atom. The van der Waals surface area contributed by atoms with Crippen molar-refractivity contribution in [1.82, 2.24) is 4.98 Å². The maximum Gasteiger partial charge on any atom is 0.337 e. The summed E-state index contributed by atoms with van der Waals surface area (Å²) in [6, 6.07) is 15.5. The van der Waals surface area contributed by atoms with Crippen LogP contribution in [0.1, 0.15) is 29.4 Å². The van der Waals surface area contributed by atoms with Crippen molar-refractivity contribution in [3.8, 4) is 28.5 Å². The third-order valence-electron chi connectivity index (χ3n) is 4.30. The molecule has 6 nitrogen and oxygen atoms in total. The number of halogens is 1. The van der Waals surface area contributed by atoms with Gasteiger partial charge >= 0.3 is 5.97 Å². The zero-order valence-corrected chi connectivity index (χ0v) is 17.5. The molecule has 0 bridgehead atoms. The standard InChI is InChI=1S/C23H22ClNO5/c1-3-11-29-22-10-7-16(28-2)13-19(22)20-9-8-18(23(26)27)21(25-20)14-30-17-6-4-5-15(24)12-17/h4-10,12-13H,3,11,14H2,1-2H3,(H,26,27). The summed E-state index contributed by atoms with van der Waals surface area (Å²) in [4.78, 5) is 16.3. The van der Waals surface area contributed by atoms with Crippen LogP contribution in [0.2, 0.25) is 5.02 Å². The molecule has 0 amide bonds. The topological polar surface area (TPSA) is 77.9 Å². The fourth-order valence-corrected chi connectivity index (χ4v) is 3.02. The Kier molecular flexibility index (Phi) is 7.14. The number of hydrogen-bond acceptors (Lipinski definition) is 5. The van der Waals surface area contributed by atoms with Gasteiger partial charge in [-0.25, -0.2) is 9.78 Å². The lowest BCUT2D eigenvalue weighted by molar-refractivity contribution is 0.0693. The van der Waals surface area contributed by atoms with Crippen LogP contribution in [0.15, 0.2) is 54.6 Å². The normalized spacial score (nSPS) is 10.5. The van der Waals surface area contributed by atoms with Crippen molar-refractivity contribution >= 4 is 17.6 Å². The van der Waals surface area contributed by atoms with Crippen molar-refractivity contribution in [3.05, 3.63) is 70.9 Å². The number of carboxylic acid groups (broad SMARTS) is 1. The van der Waals surface area contributed by atoms with Crippen molar-refractivity contribution in [2.75, 3.05) is 13.7 Å². The van der Waals surface area contributed by atoms with E-state index in [-0.39, 0.29) is 12.2 Å². The van der Waals surface area contributed by atoms with Crippen LogP contribution in [0.5, 0.6) is 17.2 Å². The fourth-order valence-electron chi connectivity index (χ4n) is 2.84. The first kappa shape index (κ1) is 21.5. The number of aromatic carboxylic acids is 1. The van der Waals surface area contributed by atoms with E-state index in [1.165, 1.54) is 6.07 Å². The Balaban J connectivity index is 1.98. The average Bonchev–Trinajstić information content (AvgIpc) is 2.76. The summed E-state index contributed by atoms with van der Waals surface area (Å²) in [6.45, 7) is 2.55. The molecule has 0 radical (unpaired) electrons. The summed E-state index contributed by atoms with van der Waals surface area (Å²) < 4.78 is 16.9. The quantitative estimate of drug-likeness (QED) is 0.487. The van der Waals surface area contributed by atoms with E-state index in [9.17, 15) is 9.90 Å². The molecule has 2 aromatic carbocycles. The highest BCUT2D eigenvalue weighted by Crippen LogP contribution is 2.33. The maximum atomic E-state index is 11.7. The van der Waals surface area contributed by atoms with Crippen LogP contribution in [0.25, 0.3) is 11.3 Å². The van der Waals surface area contributed by atoms with E-state index >= 15 is 0 Å². The second kappa shape index (κ2) is 9.98. The van der Waals surface area contributed by atoms with Gasteiger partial charge in [0.1, 0.15) is 23.9 Å². The van der Waals surface area contributed by atoms with Gasteiger partial charge in [0.2, 0.25) is 0 Å². The van der Waals surface area contributed by atoms with Crippen molar-refractivity contribution in [3.63, 3.8) is 0 Å². The first-order valence-corrected chi connectivity index (χ1v) is 9.82. The summed E-state index contributed by atoms with van der Waals surface area (Å²) in [5, 5.41) is 10.1. The molecule has 0 unspecified atom stereocenters. The van der Waals surface area contributed by atoms with Crippen LogP contribution in [0.3, 0.4) is 0 Å². The smallest absolute Gasteiger partial charge is 0.337 e. The number of carboxylic acids is 1. The number of ether oxygens (including phenoxy) is 3. The van der Waals surface area contributed by atoms with Crippen LogP contribution in [0, 0.1) is 0 Å². The fraction of sp³-hybridized carbons (Fsp3) is 0.217. The van der Waals surface area contributed by atoms with E-state index in [1.54, 1.807) is 37.4 Å². The van der Waals surface area contributed by atoms with Gasteiger partial charge in [-0.1, -0.05) is 24.6 Å². The second-order valence-electron chi connectivity index (χ2n) is 6.45. The zero-order chi connectivity index (χ0) is 21.5. The molecule has 1 aromatic heterocycles. The number of carbonyl (C=O) groups is 1. The van der Waals surface area contributed by atoms with Gasteiger partial charge in [-0.05, 0) is 55.0 Å². The molecule has 1 heterocycles. The van der Waals surface area contributed by atoms with Gasteiger partial charge in [-0.2, -0.15) is 0 Å². The number of nitrogens with zero attached hydrogens (tertiary/aromatic N) is 1. The number of benzene rings is 2. The predicted octanol–water partition coefficient (Wildman–Crippen LogP) is 5.48. The molecular weight excluding hydrogens is 406 g/mol. The van der Waals surface area contributed by atoms with Crippen molar-refractivity contribution in [2.45, 2.75) is 20.0 Å². The molecule has 3 aromatic rings.